The first-order chi connectivity index (χ1) is 9.33. The third-order valence-electron chi connectivity index (χ3n) is 3.73. The molecule has 0 N–H and O–H groups in total. The fourth-order valence-electron chi connectivity index (χ4n) is 2.78. The number of aromatic nitrogens is 2. The van der Waals surface area contributed by atoms with Gasteiger partial charge in [0.05, 0.1) is 6.04 Å². The van der Waals surface area contributed by atoms with Gasteiger partial charge in [0.25, 0.3) is 0 Å². The van der Waals surface area contributed by atoms with Gasteiger partial charge in [0.2, 0.25) is 0 Å². The van der Waals surface area contributed by atoms with Crippen LogP contribution in [0.2, 0.25) is 0 Å². The van der Waals surface area contributed by atoms with Crippen molar-refractivity contribution >= 4 is 0 Å². The SMILES string of the molecule is Cc1cc([C@@H]2CCCN2CCc2ccccn2)no1. The molecule has 1 atom stereocenters. The van der Waals surface area contributed by atoms with Crippen LogP contribution in [0, 0.1) is 6.92 Å². The van der Waals surface area contributed by atoms with E-state index in [0.717, 1.165) is 36.7 Å². The van der Waals surface area contributed by atoms with E-state index in [0.29, 0.717) is 6.04 Å². The highest BCUT2D eigenvalue weighted by Crippen LogP contribution is 2.31. The summed E-state index contributed by atoms with van der Waals surface area (Å²) in [6, 6.07) is 8.57. The lowest BCUT2D eigenvalue weighted by Gasteiger charge is -2.22. The lowest BCUT2D eigenvalue weighted by Crippen LogP contribution is -2.26. The molecule has 0 spiro atoms. The van der Waals surface area contributed by atoms with E-state index >= 15 is 0 Å². The van der Waals surface area contributed by atoms with Crippen LogP contribution in [0.4, 0.5) is 0 Å². The second kappa shape index (κ2) is 5.53. The molecule has 0 saturated carbocycles. The molecule has 0 aliphatic carbocycles. The first kappa shape index (κ1) is 12.4. The molecule has 1 aliphatic heterocycles. The van der Waals surface area contributed by atoms with Crippen molar-refractivity contribution in [1.29, 1.82) is 0 Å². The van der Waals surface area contributed by atoms with E-state index in [-0.39, 0.29) is 0 Å². The third kappa shape index (κ3) is 2.84. The summed E-state index contributed by atoms with van der Waals surface area (Å²) in [5.41, 5.74) is 2.24. The summed E-state index contributed by atoms with van der Waals surface area (Å²) in [5, 5.41) is 4.17. The molecule has 4 heteroatoms. The minimum Gasteiger partial charge on any atom is -0.361 e. The lowest BCUT2D eigenvalue weighted by atomic mass is 10.1. The molecule has 2 aromatic heterocycles. The third-order valence-corrected chi connectivity index (χ3v) is 3.73. The Labute approximate surface area is 113 Å². The summed E-state index contributed by atoms with van der Waals surface area (Å²) in [6.45, 7) is 4.13. The monoisotopic (exact) mass is 257 g/mol. The van der Waals surface area contributed by atoms with Crippen LogP contribution >= 0.6 is 0 Å². The number of hydrogen-bond acceptors (Lipinski definition) is 4. The largest absolute Gasteiger partial charge is 0.361 e. The molecule has 4 nitrogen and oxygen atoms in total. The zero-order chi connectivity index (χ0) is 13.1. The molecule has 0 bridgehead atoms. The van der Waals surface area contributed by atoms with Crippen LogP contribution in [-0.4, -0.2) is 28.1 Å². The standard InChI is InChI=1S/C15H19N3O/c1-12-11-14(17-19-12)15-6-4-9-18(15)10-7-13-5-2-3-8-16-13/h2-3,5,8,11,15H,4,6-7,9-10H2,1H3/t15-/m0/s1. The molecule has 2 aromatic rings. The highest BCUT2D eigenvalue weighted by molar-refractivity contribution is 5.11. The van der Waals surface area contributed by atoms with Crippen molar-refractivity contribution in [3.8, 4) is 0 Å². The number of aryl methyl sites for hydroxylation is 1. The summed E-state index contributed by atoms with van der Waals surface area (Å²) in [4.78, 5) is 6.87. The summed E-state index contributed by atoms with van der Waals surface area (Å²) >= 11 is 0. The van der Waals surface area contributed by atoms with Crippen LogP contribution in [0.15, 0.2) is 35.0 Å². The molecule has 3 heterocycles. The van der Waals surface area contributed by atoms with Crippen LogP contribution in [0.25, 0.3) is 0 Å². The van der Waals surface area contributed by atoms with Crippen LogP contribution in [0.1, 0.15) is 36.0 Å². The summed E-state index contributed by atoms with van der Waals surface area (Å²) in [7, 11) is 0. The Morgan fingerprint density at radius 2 is 2.37 bits per heavy atom. The maximum absolute atomic E-state index is 5.20. The second-order valence-corrected chi connectivity index (χ2v) is 5.13. The maximum Gasteiger partial charge on any atom is 0.133 e. The molecule has 0 radical (unpaired) electrons. The zero-order valence-electron chi connectivity index (χ0n) is 11.2. The molecule has 1 saturated heterocycles. The molecule has 1 aliphatic rings. The van der Waals surface area contributed by atoms with Crippen molar-refractivity contribution in [2.45, 2.75) is 32.2 Å². The number of nitrogens with zero attached hydrogens (tertiary/aromatic N) is 3. The van der Waals surface area contributed by atoms with Gasteiger partial charge in [-0.1, -0.05) is 11.2 Å². The van der Waals surface area contributed by atoms with E-state index in [1.165, 1.54) is 12.8 Å². The Kier molecular flexibility index (Phi) is 3.60. The Morgan fingerprint density at radius 1 is 1.42 bits per heavy atom. The van der Waals surface area contributed by atoms with Gasteiger partial charge in [-0.2, -0.15) is 0 Å². The van der Waals surface area contributed by atoms with E-state index in [4.69, 9.17) is 4.52 Å². The van der Waals surface area contributed by atoms with Crippen molar-refractivity contribution in [2.24, 2.45) is 0 Å². The fraction of sp³-hybridized carbons (Fsp3) is 0.467. The molecule has 3 rings (SSSR count). The average Bonchev–Trinajstić information content (AvgIpc) is 3.06. The number of pyridine rings is 1. The predicted molar refractivity (Wildman–Crippen MR) is 72.7 cm³/mol. The van der Waals surface area contributed by atoms with Crippen molar-refractivity contribution in [3.05, 3.63) is 47.6 Å². The Bertz CT molecular complexity index is 523. The molecule has 0 unspecified atom stereocenters. The smallest absolute Gasteiger partial charge is 0.133 e. The molecule has 0 amide bonds. The Balaban J connectivity index is 1.64. The molecule has 100 valence electrons. The summed E-state index contributed by atoms with van der Waals surface area (Å²) < 4.78 is 5.20. The molecular weight excluding hydrogens is 238 g/mol. The topological polar surface area (TPSA) is 42.2 Å². The number of hydrogen-bond donors (Lipinski definition) is 0. The molecule has 0 aromatic carbocycles. The Hall–Kier alpha value is -1.68. The maximum atomic E-state index is 5.20. The predicted octanol–water partition coefficient (Wildman–Crippen LogP) is 2.76. The van der Waals surface area contributed by atoms with Gasteiger partial charge in [-0.05, 0) is 38.4 Å². The quantitative estimate of drug-likeness (QED) is 0.844. The van der Waals surface area contributed by atoms with Gasteiger partial charge in [0.1, 0.15) is 11.5 Å². The van der Waals surface area contributed by atoms with Gasteiger partial charge < -0.3 is 4.52 Å². The van der Waals surface area contributed by atoms with E-state index in [1.807, 2.05) is 25.3 Å². The van der Waals surface area contributed by atoms with Crippen LogP contribution in [0.5, 0.6) is 0 Å². The van der Waals surface area contributed by atoms with Gasteiger partial charge in [0, 0.05) is 30.9 Å². The van der Waals surface area contributed by atoms with Gasteiger partial charge >= 0.3 is 0 Å². The second-order valence-electron chi connectivity index (χ2n) is 5.13. The van der Waals surface area contributed by atoms with Crippen LogP contribution in [-0.2, 0) is 6.42 Å². The fourth-order valence-corrected chi connectivity index (χ4v) is 2.78. The van der Waals surface area contributed by atoms with Crippen molar-refractivity contribution in [1.82, 2.24) is 15.0 Å². The molecule has 19 heavy (non-hydrogen) atoms. The van der Waals surface area contributed by atoms with Crippen molar-refractivity contribution in [3.63, 3.8) is 0 Å². The number of rotatable bonds is 4. The number of likely N-dealkylation sites (tertiary alicyclic amines) is 1. The Morgan fingerprint density at radius 3 is 3.11 bits per heavy atom. The normalized spacial score (nSPS) is 19.9. The van der Waals surface area contributed by atoms with E-state index in [2.05, 4.69) is 27.2 Å². The minimum absolute atomic E-state index is 0.418. The highest BCUT2D eigenvalue weighted by Gasteiger charge is 2.27. The van der Waals surface area contributed by atoms with E-state index in [9.17, 15) is 0 Å². The van der Waals surface area contributed by atoms with Crippen LogP contribution < -0.4 is 0 Å². The first-order valence-corrected chi connectivity index (χ1v) is 6.90. The molecule has 1 fully saturated rings. The van der Waals surface area contributed by atoms with Gasteiger partial charge in [-0.3, -0.25) is 9.88 Å². The zero-order valence-corrected chi connectivity index (χ0v) is 11.2. The van der Waals surface area contributed by atoms with E-state index < -0.39 is 0 Å². The highest BCUT2D eigenvalue weighted by atomic mass is 16.5. The average molecular weight is 257 g/mol. The van der Waals surface area contributed by atoms with Crippen molar-refractivity contribution < 1.29 is 4.52 Å². The van der Waals surface area contributed by atoms with E-state index in [1.54, 1.807) is 0 Å². The lowest BCUT2D eigenvalue weighted by molar-refractivity contribution is 0.247. The minimum atomic E-state index is 0.418. The van der Waals surface area contributed by atoms with Gasteiger partial charge in [-0.15, -0.1) is 0 Å². The van der Waals surface area contributed by atoms with Gasteiger partial charge in [-0.25, -0.2) is 0 Å². The summed E-state index contributed by atoms with van der Waals surface area (Å²) in [6.07, 6.45) is 5.26. The molecular formula is C15H19N3O. The van der Waals surface area contributed by atoms with Crippen LogP contribution in [0.3, 0.4) is 0 Å². The van der Waals surface area contributed by atoms with Gasteiger partial charge in [0.15, 0.2) is 0 Å². The first-order valence-electron chi connectivity index (χ1n) is 6.90. The van der Waals surface area contributed by atoms with Crippen molar-refractivity contribution in [2.75, 3.05) is 13.1 Å². The summed E-state index contributed by atoms with van der Waals surface area (Å²) in [5.74, 6) is 0.895.